The van der Waals surface area contributed by atoms with Crippen molar-refractivity contribution in [3.8, 4) is 17.0 Å². The van der Waals surface area contributed by atoms with Crippen molar-refractivity contribution >= 4 is 11.6 Å². The maximum absolute atomic E-state index is 13.6. The summed E-state index contributed by atoms with van der Waals surface area (Å²) in [5.74, 6) is -0.266. The molecule has 0 fully saturated rings. The van der Waals surface area contributed by atoms with Crippen LogP contribution < -0.4 is 4.74 Å². The molecule has 0 N–H and O–H groups in total. The van der Waals surface area contributed by atoms with Crippen LogP contribution in [0.2, 0.25) is 5.15 Å². The fourth-order valence-electron chi connectivity index (χ4n) is 1.57. The number of aromatic nitrogens is 2. The van der Waals surface area contributed by atoms with Crippen LogP contribution in [0, 0.1) is 19.7 Å². The molecule has 1 heterocycles. The molecular formula is C13H12ClFN2O. The largest absolute Gasteiger partial charge is 0.494 e. The molecule has 0 radical (unpaired) electrons. The second-order valence-corrected chi connectivity index (χ2v) is 4.24. The van der Waals surface area contributed by atoms with Gasteiger partial charge in [0.05, 0.1) is 18.5 Å². The zero-order valence-corrected chi connectivity index (χ0v) is 11.0. The average molecular weight is 267 g/mol. The predicted octanol–water partition coefficient (Wildman–Crippen LogP) is 3.56. The first-order valence-electron chi connectivity index (χ1n) is 5.37. The van der Waals surface area contributed by atoms with E-state index in [0.29, 0.717) is 11.3 Å². The molecule has 0 bridgehead atoms. The lowest BCUT2D eigenvalue weighted by Gasteiger charge is -2.08. The normalized spacial score (nSPS) is 10.5. The van der Waals surface area contributed by atoms with Crippen LogP contribution in [0.4, 0.5) is 4.39 Å². The molecule has 0 saturated carbocycles. The molecule has 2 aromatic rings. The lowest BCUT2D eigenvalue weighted by Crippen LogP contribution is -1.97. The van der Waals surface area contributed by atoms with E-state index in [1.807, 2.05) is 13.8 Å². The molecule has 0 atom stereocenters. The first-order chi connectivity index (χ1) is 8.52. The van der Waals surface area contributed by atoms with Crippen molar-refractivity contribution in [1.82, 2.24) is 9.97 Å². The Hall–Kier alpha value is -1.68. The second-order valence-electron chi connectivity index (χ2n) is 3.88. The van der Waals surface area contributed by atoms with E-state index in [0.717, 1.165) is 11.4 Å². The summed E-state index contributed by atoms with van der Waals surface area (Å²) in [6, 6.07) is 4.58. The number of hydrogen-bond donors (Lipinski definition) is 0. The van der Waals surface area contributed by atoms with Gasteiger partial charge >= 0.3 is 0 Å². The van der Waals surface area contributed by atoms with Crippen molar-refractivity contribution < 1.29 is 9.13 Å². The van der Waals surface area contributed by atoms with Gasteiger partial charge in [0, 0.05) is 5.56 Å². The molecule has 1 aromatic carbocycles. The average Bonchev–Trinajstić information content (AvgIpc) is 2.33. The van der Waals surface area contributed by atoms with Gasteiger partial charge in [-0.2, -0.15) is 0 Å². The van der Waals surface area contributed by atoms with Crippen molar-refractivity contribution in [2.45, 2.75) is 13.8 Å². The number of benzene rings is 1. The zero-order valence-electron chi connectivity index (χ0n) is 10.3. The topological polar surface area (TPSA) is 35.0 Å². The summed E-state index contributed by atoms with van der Waals surface area (Å²) < 4.78 is 18.5. The van der Waals surface area contributed by atoms with Gasteiger partial charge in [0.15, 0.2) is 16.7 Å². The second kappa shape index (κ2) is 4.90. The van der Waals surface area contributed by atoms with Crippen molar-refractivity contribution in [3.63, 3.8) is 0 Å². The monoisotopic (exact) mass is 266 g/mol. The zero-order chi connectivity index (χ0) is 13.3. The predicted molar refractivity (Wildman–Crippen MR) is 68.5 cm³/mol. The van der Waals surface area contributed by atoms with E-state index in [1.165, 1.54) is 19.2 Å². The summed E-state index contributed by atoms with van der Waals surface area (Å²) in [7, 11) is 1.42. The van der Waals surface area contributed by atoms with Crippen LogP contribution in [0.3, 0.4) is 0 Å². The number of ether oxygens (including phenoxy) is 1. The summed E-state index contributed by atoms with van der Waals surface area (Å²) in [6.07, 6.45) is 0. The van der Waals surface area contributed by atoms with E-state index in [4.69, 9.17) is 16.3 Å². The molecule has 0 aliphatic heterocycles. The number of halogens is 2. The summed E-state index contributed by atoms with van der Waals surface area (Å²) >= 11 is 6.03. The van der Waals surface area contributed by atoms with E-state index in [9.17, 15) is 4.39 Å². The van der Waals surface area contributed by atoms with E-state index in [-0.39, 0.29) is 10.9 Å². The van der Waals surface area contributed by atoms with Crippen molar-refractivity contribution in [3.05, 3.63) is 40.6 Å². The molecule has 5 heteroatoms. The van der Waals surface area contributed by atoms with Gasteiger partial charge in [0.2, 0.25) is 0 Å². The molecule has 0 aliphatic carbocycles. The first kappa shape index (κ1) is 12.8. The molecule has 94 valence electrons. The Balaban J connectivity index is 2.55. The molecule has 0 saturated heterocycles. The smallest absolute Gasteiger partial charge is 0.165 e. The van der Waals surface area contributed by atoms with Crippen molar-refractivity contribution in [1.29, 1.82) is 0 Å². The SMILES string of the molecule is COc1ccc(-c2nc(C)c(C)nc2Cl)cc1F. The summed E-state index contributed by atoms with van der Waals surface area (Å²) in [6.45, 7) is 3.66. The first-order valence-corrected chi connectivity index (χ1v) is 5.75. The van der Waals surface area contributed by atoms with Gasteiger partial charge in [-0.15, -0.1) is 0 Å². The van der Waals surface area contributed by atoms with E-state index in [1.54, 1.807) is 6.07 Å². The maximum atomic E-state index is 13.6. The van der Waals surface area contributed by atoms with Crippen molar-refractivity contribution in [2.24, 2.45) is 0 Å². The highest BCUT2D eigenvalue weighted by molar-refractivity contribution is 6.31. The van der Waals surface area contributed by atoms with Gasteiger partial charge < -0.3 is 4.74 Å². The minimum absolute atomic E-state index is 0.187. The van der Waals surface area contributed by atoms with Crippen molar-refractivity contribution in [2.75, 3.05) is 7.11 Å². The Bertz CT molecular complexity index is 602. The van der Waals surface area contributed by atoms with Crippen LogP contribution in [0.25, 0.3) is 11.3 Å². The summed E-state index contributed by atoms with van der Waals surface area (Å²) in [4.78, 5) is 8.51. The van der Waals surface area contributed by atoms with Gasteiger partial charge in [-0.05, 0) is 32.0 Å². The number of nitrogens with zero attached hydrogens (tertiary/aromatic N) is 2. The van der Waals surface area contributed by atoms with Crippen LogP contribution in [-0.2, 0) is 0 Å². The Morgan fingerprint density at radius 1 is 1.17 bits per heavy atom. The van der Waals surface area contributed by atoms with E-state index >= 15 is 0 Å². The third-order valence-electron chi connectivity index (χ3n) is 2.69. The number of methoxy groups -OCH3 is 1. The van der Waals surface area contributed by atoms with Gasteiger partial charge in [0.25, 0.3) is 0 Å². The lowest BCUT2D eigenvalue weighted by atomic mass is 10.1. The number of hydrogen-bond acceptors (Lipinski definition) is 3. The van der Waals surface area contributed by atoms with E-state index in [2.05, 4.69) is 9.97 Å². The van der Waals surface area contributed by atoms with Crippen LogP contribution in [-0.4, -0.2) is 17.1 Å². The Labute approximate surface area is 110 Å². The third kappa shape index (κ3) is 2.29. The number of aryl methyl sites for hydroxylation is 2. The van der Waals surface area contributed by atoms with Gasteiger partial charge in [-0.3, -0.25) is 0 Å². The Kier molecular flexibility index (Phi) is 3.48. The standard InChI is InChI=1S/C13H12ClFN2O/c1-7-8(2)17-13(14)12(16-7)9-4-5-11(18-3)10(15)6-9/h4-6H,1-3H3. The molecule has 2 rings (SSSR count). The molecule has 1 aromatic heterocycles. The van der Waals surface area contributed by atoms with Gasteiger partial charge in [0.1, 0.15) is 5.69 Å². The molecule has 0 aliphatic rings. The minimum Gasteiger partial charge on any atom is -0.494 e. The fraction of sp³-hybridized carbons (Fsp3) is 0.231. The van der Waals surface area contributed by atoms with Crippen LogP contribution >= 0.6 is 11.6 Å². The Morgan fingerprint density at radius 2 is 1.83 bits per heavy atom. The molecule has 0 unspecified atom stereocenters. The summed E-state index contributed by atoms with van der Waals surface area (Å²) in [5, 5.41) is 0.266. The minimum atomic E-state index is -0.453. The fourth-order valence-corrected chi connectivity index (χ4v) is 1.85. The summed E-state index contributed by atoms with van der Waals surface area (Å²) in [5.41, 5.74) is 2.58. The van der Waals surface area contributed by atoms with Gasteiger partial charge in [-0.1, -0.05) is 11.6 Å². The van der Waals surface area contributed by atoms with Crippen LogP contribution in [0.15, 0.2) is 18.2 Å². The van der Waals surface area contributed by atoms with Gasteiger partial charge in [-0.25, -0.2) is 14.4 Å². The lowest BCUT2D eigenvalue weighted by molar-refractivity contribution is 0.386. The number of rotatable bonds is 2. The highest BCUT2D eigenvalue weighted by atomic mass is 35.5. The maximum Gasteiger partial charge on any atom is 0.165 e. The molecule has 18 heavy (non-hydrogen) atoms. The highest BCUT2D eigenvalue weighted by Gasteiger charge is 2.12. The molecule has 3 nitrogen and oxygen atoms in total. The molecule has 0 spiro atoms. The quantitative estimate of drug-likeness (QED) is 0.834. The molecule has 0 amide bonds. The Morgan fingerprint density at radius 3 is 2.44 bits per heavy atom. The highest BCUT2D eigenvalue weighted by Crippen LogP contribution is 2.28. The molecular weight excluding hydrogens is 255 g/mol. The van der Waals surface area contributed by atoms with Crippen LogP contribution in [0.5, 0.6) is 5.75 Å². The van der Waals surface area contributed by atoms with Crippen LogP contribution in [0.1, 0.15) is 11.4 Å². The van der Waals surface area contributed by atoms with E-state index < -0.39 is 5.82 Å². The third-order valence-corrected chi connectivity index (χ3v) is 2.95.